The first kappa shape index (κ1) is 17.8. The number of ether oxygens (including phenoxy) is 1. The molecule has 1 unspecified atom stereocenters. The van der Waals surface area contributed by atoms with E-state index in [9.17, 15) is 4.79 Å². The molecule has 2 rings (SSSR count). The average Bonchev–Trinajstić information content (AvgIpc) is 2.92. The summed E-state index contributed by atoms with van der Waals surface area (Å²) in [6, 6.07) is 7.11. The van der Waals surface area contributed by atoms with Crippen molar-refractivity contribution in [2.24, 2.45) is 5.73 Å². The second kappa shape index (κ2) is 8.90. The van der Waals surface area contributed by atoms with Gasteiger partial charge in [-0.05, 0) is 44.2 Å². The lowest BCUT2D eigenvalue weighted by Gasteiger charge is -2.15. The Morgan fingerprint density at radius 3 is 2.81 bits per heavy atom. The van der Waals surface area contributed by atoms with E-state index in [2.05, 4.69) is 5.32 Å². The van der Waals surface area contributed by atoms with Crippen molar-refractivity contribution in [2.75, 3.05) is 5.32 Å². The quantitative estimate of drug-likeness (QED) is 0.845. The Labute approximate surface area is 132 Å². The van der Waals surface area contributed by atoms with Crippen LogP contribution >= 0.6 is 12.4 Å². The van der Waals surface area contributed by atoms with Crippen LogP contribution in [0.2, 0.25) is 0 Å². The van der Waals surface area contributed by atoms with Crippen LogP contribution in [0.4, 0.5) is 5.69 Å². The van der Waals surface area contributed by atoms with Crippen molar-refractivity contribution in [1.29, 1.82) is 0 Å². The highest BCUT2D eigenvalue weighted by Gasteiger charge is 2.17. The van der Waals surface area contributed by atoms with E-state index in [1.54, 1.807) is 0 Å². The van der Waals surface area contributed by atoms with Crippen molar-refractivity contribution in [3.63, 3.8) is 0 Å². The van der Waals surface area contributed by atoms with E-state index in [1.165, 1.54) is 12.8 Å². The highest BCUT2D eigenvalue weighted by atomic mass is 35.5. The smallest absolute Gasteiger partial charge is 0.241 e. The Kier molecular flexibility index (Phi) is 7.54. The van der Waals surface area contributed by atoms with Gasteiger partial charge in [0.2, 0.25) is 5.91 Å². The number of amides is 1. The molecule has 1 aliphatic rings. The lowest BCUT2D eigenvalue weighted by Crippen LogP contribution is -2.35. The minimum absolute atomic E-state index is 0. The monoisotopic (exact) mass is 312 g/mol. The topological polar surface area (TPSA) is 64.4 Å². The number of nitrogens with one attached hydrogen (secondary N) is 1. The Balaban J connectivity index is 0.00000220. The molecule has 4 nitrogen and oxygen atoms in total. The highest BCUT2D eigenvalue weighted by Crippen LogP contribution is 2.25. The fraction of sp³-hybridized carbons (Fsp3) is 0.562. The fourth-order valence-corrected chi connectivity index (χ4v) is 2.52. The van der Waals surface area contributed by atoms with Gasteiger partial charge in [-0.25, -0.2) is 0 Å². The number of halogens is 1. The molecule has 1 aliphatic carbocycles. The van der Waals surface area contributed by atoms with E-state index in [1.807, 2.05) is 31.2 Å². The van der Waals surface area contributed by atoms with Gasteiger partial charge in [-0.2, -0.15) is 0 Å². The summed E-state index contributed by atoms with van der Waals surface area (Å²) < 4.78 is 5.92. The van der Waals surface area contributed by atoms with Crippen LogP contribution in [-0.4, -0.2) is 18.1 Å². The summed E-state index contributed by atoms with van der Waals surface area (Å²) in [6.07, 6.45) is 6.66. The maximum atomic E-state index is 11.9. The molecule has 0 saturated heterocycles. The number of carbonyl (C=O) groups excluding carboxylic acids is 1. The summed E-state index contributed by atoms with van der Waals surface area (Å²) >= 11 is 0. The molecule has 0 heterocycles. The SMILES string of the molecule is CCCC(N)C(=O)Nc1cccc(OC2CCCC2)c1.Cl. The van der Waals surface area contributed by atoms with E-state index in [-0.39, 0.29) is 18.3 Å². The van der Waals surface area contributed by atoms with Crippen LogP contribution in [0.3, 0.4) is 0 Å². The van der Waals surface area contributed by atoms with E-state index in [4.69, 9.17) is 10.5 Å². The number of nitrogens with two attached hydrogens (primary N) is 1. The van der Waals surface area contributed by atoms with Gasteiger partial charge in [-0.3, -0.25) is 4.79 Å². The Hall–Kier alpha value is -1.26. The molecule has 1 atom stereocenters. The molecule has 5 heteroatoms. The zero-order valence-electron chi connectivity index (χ0n) is 12.5. The Morgan fingerprint density at radius 1 is 1.43 bits per heavy atom. The van der Waals surface area contributed by atoms with Gasteiger partial charge in [0.05, 0.1) is 12.1 Å². The number of carbonyl (C=O) groups is 1. The van der Waals surface area contributed by atoms with Gasteiger partial charge in [0.1, 0.15) is 5.75 Å². The lowest BCUT2D eigenvalue weighted by atomic mass is 10.1. The van der Waals surface area contributed by atoms with Crippen LogP contribution < -0.4 is 15.8 Å². The predicted octanol–water partition coefficient (Wildman–Crippen LogP) is 3.50. The number of rotatable bonds is 6. The minimum Gasteiger partial charge on any atom is -0.490 e. The third-order valence-corrected chi connectivity index (χ3v) is 3.64. The van der Waals surface area contributed by atoms with Gasteiger partial charge in [0.15, 0.2) is 0 Å². The summed E-state index contributed by atoms with van der Waals surface area (Å²) in [7, 11) is 0. The van der Waals surface area contributed by atoms with Gasteiger partial charge >= 0.3 is 0 Å². The van der Waals surface area contributed by atoms with E-state index >= 15 is 0 Å². The van der Waals surface area contributed by atoms with Crippen molar-refractivity contribution in [1.82, 2.24) is 0 Å². The maximum absolute atomic E-state index is 11.9. The normalized spacial score (nSPS) is 16.1. The second-order valence-electron chi connectivity index (χ2n) is 5.44. The molecule has 21 heavy (non-hydrogen) atoms. The lowest BCUT2D eigenvalue weighted by molar-refractivity contribution is -0.117. The molecule has 0 aromatic heterocycles. The van der Waals surface area contributed by atoms with Gasteiger partial charge < -0.3 is 15.8 Å². The average molecular weight is 313 g/mol. The predicted molar refractivity (Wildman–Crippen MR) is 88.1 cm³/mol. The molecule has 1 aromatic rings. The van der Waals surface area contributed by atoms with Crippen LogP contribution in [0, 0.1) is 0 Å². The highest BCUT2D eigenvalue weighted by molar-refractivity contribution is 5.94. The summed E-state index contributed by atoms with van der Waals surface area (Å²) in [5.74, 6) is 0.684. The molecular formula is C16H25ClN2O2. The van der Waals surface area contributed by atoms with Crippen molar-refractivity contribution < 1.29 is 9.53 Å². The van der Waals surface area contributed by atoms with E-state index in [0.717, 1.165) is 30.7 Å². The van der Waals surface area contributed by atoms with Gasteiger partial charge in [-0.1, -0.05) is 19.4 Å². The van der Waals surface area contributed by atoms with Crippen molar-refractivity contribution >= 4 is 24.0 Å². The first-order valence-electron chi connectivity index (χ1n) is 7.52. The molecule has 0 spiro atoms. The minimum atomic E-state index is -0.445. The molecule has 0 radical (unpaired) electrons. The molecule has 3 N–H and O–H groups in total. The Morgan fingerprint density at radius 2 is 2.14 bits per heavy atom. The summed E-state index contributed by atoms with van der Waals surface area (Å²) in [6.45, 7) is 2.02. The standard InChI is InChI=1S/C16H24N2O2.ClH/c1-2-6-15(17)16(19)18-12-7-5-10-14(11-12)20-13-8-3-4-9-13;/h5,7,10-11,13,15H,2-4,6,8-9,17H2,1H3,(H,18,19);1H. The maximum Gasteiger partial charge on any atom is 0.241 e. The first-order valence-corrected chi connectivity index (χ1v) is 7.52. The van der Waals surface area contributed by atoms with E-state index in [0.29, 0.717) is 12.5 Å². The number of benzene rings is 1. The largest absolute Gasteiger partial charge is 0.490 e. The van der Waals surface area contributed by atoms with Gasteiger partial charge in [0.25, 0.3) is 0 Å². The van der Waals surface area contributed by atoms with Crippen molar-refractivity contribution in [2.45, 2.75) is 57.6 Å². The zero-order valence-corrected chi connectivity index (χ0v) is 13.3. The van der Waals surface area contributed by atoms with Crippen LogP contribution in [0.1, 0.15) is 45.4 Å². The molecule has 0 bridgehead atoms. The summed E-state index contributed by atoms with van der Waals surface area (Å²) in [5.41, 5.74) is 6.55. The van der Waals surface area contributed by atoms with Crippen LogP contribution in [0.25, 0.3) is 0 Å². The van der Waals surface area contributed by atoms with Gasteiger partial charge in [-0.15, -0.1) is 12.4 Å². The third-order valence-electron chi connectivity index (χ3n) is 3.64. The molecule has 1 saturated carbocycles. The van der Waals surface area contributed by atoms with Crippen LogP contribution in [0.5, 0.6) is 5.75 Å². The van der Waals surface area contributed by atoms with Crippen LogP contribution in [0.15, 0.2) is 24.3 Å². The molecule has 1 amide bonds. The summed E-state index contributed by atoms with van der Waals surface area (Å²) in [4.78, 5) is 11.9. The Bertz CT molecular complexity index is 448. The van der Waals surface area contributed by atoms with Crippen molar-refractivity contribution in [3.8, 4) is 5.75 Å². The summed E-state index contributed by atoms with van der Waals surface area (Å²) in [5, 5.41) is 2.85. The van der Waals surface area contributed by atoms with E-state index < -0.39 is 6.04 Å². The molecule has 1 aromatic carbocycles. The van der Waals surface area contributed by atoms with Gasteiger partial charge in [0, 0.05) is 11.8 Å². The molecule has 0 aliphatic heterocycles. The molecule has 118 valence electrons. The number of hydrogen-bond donors (Lipinski definition) is 2. The number of hydrogen-bond acceptors (Lipinski definition) is 3. The second-order valence-corrected chi connectivity index (χ2v) is 5.44. The molecular weight excluding hydrogens is 288 g/mol. The van der Waals surface area contributed by atoms with Crippen LogP contribution in [-0.2, 0) is 4.79 Å². The first-order chi connectivity index (χ1) is 9.69. The number of anilines is 1. The fourth-order valence-electron chi connectivity index (χ4n) is 2.52. The third kappa shape index (κ3) is 5.56. The van der Waals surface area contributed by atoms with Crippen molar-refractivity contribution in [3.05, 3.63) is 24.3 Å². The zero-order chi connectivity index (χ0) is 14.4. The molecule has 1 fully saturated rings.